The molecule has 1 fully saturated rings. The Hall–Kier alpha value is -2.04. The van der Waals surface area contributed by atoms with Gasteiger partial charge in [-0.25, -0.2) is 0 Å². The number of nitrogens with zero attached hydrogens (tertiary/aromatic N) is 1. The molecule has 1 aliphatic heterocycles. The lowest BCUT2D eigenvalue weighted by Crippen LogP contribution is -2.27. The van der Waals surface area contributed by atoms with E-state index >= 15 is 0 Å². The van der Waals surface area contributed by atoms with E-state index in [2.05, 4.69) is 0 Å². The molecule has 0 N–H and O–H groups in total. The zero-order chi connectivity index (χ0) is 16.3. The molecule has 5 heteroatoms. The van der Waals surface area contributed by atoms with Gasteiger partial charge in [-0.05, 0) is 52.0 Å². The summed E-state index contributed by atoms with van der Waals surface area (Å²) in [6.07, 6.45) is 0.147. The Morgan fingerprint density at radius 2 is 1.77 bits per heavy atom. The molecule has 1 atom stereocenters. The lowest BCUT2D eigenvalue weighted by atomic mass is 10.1. The normalized spacial score (nSPS) is 18.2. The third-order valence-electron chi connectivity index (χ3n) is 3.33. The van der Waals surface area contributed by atoms with Gasteiger partial charge >= 0.3 is 5.97 Å². The van der Waals surface area contributed by atoms with Crippen LogP contribution in [0.15, 0.2) is 24.3 Å². The predicted molar refractivity (Wildman–Crippen MR) is 83.9 cm³/mol. The molecule has 1 aromatic rings. The van der Waals surface area contributed by atoms with Crippen LogP contribution in [0.3, 0.4) is 0 Å². The average Bonchev–Trinajstić information content (AvgIpc) is 2.80. The number of hydrogen-bond acceptors (Lipinski definition) is 4. The predicted octanol–water partition coefficient (Wildman–Crippen LogP) is 2.78. The molecule has 2 rings (SSSR count). The number of benzene rings is 1. The van der Waals surface area contributed by atoms with Crippen LogP contribution < -0.4 is 9.64 Å². The van der Waals surface area contributed by atoms with Crippen LogP contribution in [0.4, 0.5) is 5.69 Å². The summed E-state index contributed by atoms with van der Waals surface area (Å²) < 4.78 is 10.8. The fourth-order valence-electron chi connectivity index (χ4n) is 2.42. The molecule has 0 bridgehead atoms. The lowest BCUT2D eigenvalue weighted by Gasteiger charge is -2.18. The average molecular weight is 305 g/mol. The zero-order valence-electron chi connectivity index (χ0n) is 13.5. The van der Waals surface area contributed by atoms with Gasteiger partial charge in [0.05, 0.1) is 18.1 Å². The first-order valence-corrected chi connectivity index (χ1v) is 7.64. The van der Waals surface area contributed by atoms with Crippen LogP contribution in [-0.2, 0) is 14.3 Å². The van der Waals surface area contributed by atoms with Crippen molar-refractivity contribution in [2.45, 2.75) is 46.3 Å². The highest BCUT2D eigenvalue weighted by Gasteiger charge is 2.36. The molecule has 0 aromatic heterocycles. The van der Waals surface area contributed by atoms with Crippen molar-refractivity contribution in [3.05, 3.63) is 24.3 Å². The van der Waals surface area contributed by atoms with Crippen molar-refractivity contribution in [3.63, 3.8) is 0 Å². The fourth-order valence-corrected chi connectivity index (χ4v) is 2.42. The van der Waals surface area contributed by atoms with Crippen molar-refractivity contribution in [2.75, 3.05) is 11.4 Å². The largest absolute Gasteiger partial charge is 0.491 e. The Bertz CT molecular complexity index is 536. The first-order chi connectivity index (χ1) is 10.4. The van der Waals surface area contributed by atoms with Crippen molar-refractivity contribution in [2.24, 2.45) is 5.92 Å². The molecule has 0 aliphatic carbocycles. The van der Waals surface area contributed by atoms with E-state index in [0.717, 1.165) is 11.4 Å². The van der Waals surface area contributed by atoms with E-state index in [1.54, 1.807) is 18.7 Å². The van der Waals surface area contributed by atoms with Crippen molar-refractivity contribution < 1.29 is 19.1 Å². The van der Waals surface area contributed by atoms with Crippen LogP contribution in [0, 0.1) is 5.92 Å². The van der Waals surface area contributed by atoms with Gasteiger partial charge < -0.3 is 14.4 Å². The van der Waals surface area contributed by atoms with E-state index < -0.39 is 0 Å². The summed E-state index contributed by atoms with van der Waals surface area (Å²) in [5.74, 6) is 0.0245. The molecule has 0 saturated carbocycles. The molecule has 1 amide bonds. The van der Waals surface area contributed by atoms with E-state index in [4.69, 9.17) is 9.47 Å². The molecule has 1 aliphatic rings. The number of carbonyl (C=O) groups is 2. The quantitative estimate of drug-likeness (QED) is 0.785. The van der Waals surface area contributed by atoms with Gasteiger partial charge in [0.15, 0.2) is 0 Å². The zero-order valence-corrected chi connectivity index (χ0v) is 13.5. The molecule has 120 valence electrons. The molecule has 22 heavy (non-hydrogen) atoms. The second-order valence-corrected chi connectivity index (χ2v) is 6.05. The molecular formula is C17H23NO4. The first-order valence-electron chi connectivity index (χ1n) is 7.64. The van der Waals surface area contributed by atoms with E-state index in [9.17, 15) is 9.59 Å². The molecule has 1 saturated heterocycles. The topological polar surface area (TPSA) is 55.8 Å². The summed E-state index contributed by atoms with van der Waals surface area (Å²) in [6, 6.07) is 7.35. The third-order valence-corrected chi connectivity index (χ3v) is 3.33. The fraction of sp³-hybridized carbons (Fsp3) is 0.529. The molecule has 1 aromatic carbocycles. The van der Waals surface area contributed by atoms with E-state index in [1.807, 2.05) is 38.1 Å². The number of anilines is 1. The SMILES string of the molecule is CC(C)OC(=O)C1CC(=O)N(c2ccc(OC(C)C)cc2)C1. The Morgan fingerprint density at radius 1 is 1.14 bits per heavy atom. The smallest absolute Gasteiger partial charge is 0.311 e. The Kier molecular flexibility index (Phi) is 5.06. The minimum atomic E-state index is -0.388. The molecule has 1 heterocycles. The standard InChI is InChI=1S/C17H23NO4/c1-11(2)21-15-7-5-14(6-8-15)18-10-13(9-16(18)19)17(20)22-12(3)4/h5-8,11-13H,9-10H2,1-4H3. The minimum Gasteiger partial charge on any atom is -0.491 e. The van der Waals surface area contributed by atoms with E-state index in [1.165, 1.54) is 0 Å². The summed E-state index contributed by atoms with van der Waals surface area (Å²) in [6.45, 7) is 7.90. The summed E-state index contributed by atoms with van der Waals surface area (Å²) in [4.78, 5) is 25.7. The van der Waals surface area contributed by atoms with Crippen molar-refractivity contribution in [1.29, 1.82) is 0 Å². The van der Waals surface area contributed by atoms with Crippen LogP contribution in [0.1, 0.15) is 34.1 Å². The van der Waals surface area contributed by atoms with Gasteiger partial charge in [-0.15, -0.1) is 0 Å². The van der Waals surface area contributed by atoms with Gasteiger partial charge in [-0.3, -0.25) is 9.59 Å². The molecule has 5 nitrogen and oxygen atoms in total. The molecular weight excluding hydrogens is 282 g/mol. The number of amides is 1. The van der Waals surface area contributed by atoms with Crippen molar-refractivity contribution >= 4 is 17.6 Å². The van der Waals surface area contributed by atoms with Crippen molar-refractivity contribution in [1.82, 2.24) is 0 Å². The summed E-state index contributed by atoms with van der Waals surface area (Å²) >= 11 is 0. The van der Waals surface area contributed by atoms with Gasteiger partial charge in [-0.1, -0.05) is 0 Å². The van der Waals surface area contributed by atoms with Crippen LogP contribution in [-0.4, -0.2) is 30.6 Å². The summed E-state index contributed by atoms with van der Waals surface area (Å²) in [5, 5.41) is 0. The molecule has 0 radical (unpaired) electrons. The maximum absolute atomic E-state index is 12.1. The Labute approximate surface area is 131 Å². The second-order valence-electron chi connectivity index (χ2n) is 6.05. The molecule has 1 unspecified atom stereocenters. The van der Waals surface area contributed by atoms with Crippen LogP contribution in [0.25, 0.3) is 0 Å². The van der Waals surface area contributed by atoms with Crippen LogP contribution >= 0.6 is 0 Å². The Morgan fingerprint density at radius 3 is 2.32 bits per heavy atom. The van der Waals surface area contributed by atoms with Gasteiger partial charge in [0.1, 0.15) is 5.75 Å². The first kappa shape index (κ1) is 16.3. The summed E-state index contributed by atoms with van der Waals surface area (Å²) in [7, 11) is 0. The number of ether oxygens (including phenoxy) is 2. The number of hydrogen-bond donors (Lipinski definition) is 0. The van der Waals surface area contributed by atoms with Crippen molar-refractivity contribution in [3.8, 4) is 5.75 Å². The second kappa shape index (κ2) is 6.81. The lowest BCUT2D eigenvalue weighted by molar-refractivity contribution is -0.152. The molecule has 0 spiro atoms. The highest BCUT2D eigenvalue weighted by Crippen LogP contribution is 2.27. The third kappa shape index (κ3) is 4.00. The highest BCUT2D eigenvalue weighted by molar-refractivity contribution is 5.99. The van der Waals surface area contributed by atoms with Gasteiger partial charge in [0, 0.05) is 18.7 Å². The maximum atomic E-state index is 12.1. The van der Waals surface area contributed by atoms with E-state index in [-0.39, 0.29) is 36.4 Å². The maximum Gasteiger partial charge on any atom is 0.311 e. The minimum absolute atomic E-state index is 0.0526. The van der Waals surface area contributed by atoms with Gasteiger partial charge in [0.2, 0.25) is 5.91 Å². The van der Waals surface area contributed by atoms with Gasteiger partial charge in [-0.2, -0.15) is 0 Å². The number of esters is 1. The number of carbonyl (C=O) groups excluding carboxylic acids is 2. The van der Waals surface area contributed by atoms with E-state index in [0.29, 0.717) is 6.54 Å². The Balaban J connectivity index is 2.03. The van der Waals surface area contributed by atoms with Crippen LogP contribution in [0.2, 0.25) is 0 Å². The summed E-state index contributed by atoms with van der Waals surface area (Å²) in [5.41, 5.74) is 0.779. The monoisotopic (exact) mass is 305 g/mol. The highest BCUT2D eigenvalue weighted by atomic mass is 16.5. The van der Waals surface area contributed by atoms with Gasteiger partial charge in [0.25, 0.3) is 0 Å². The number of rotatable bonds is 5. The van der Waals surface area contributed by atoms with Crippen LogP contribution in [0.5, 0.6) is 5.75 Å².